The highest BCUT2D eigenvalue weighted by molar-refractivity contribution is 5.84. The molecule has 2 aromatic rings. The van der Waals surface area contributed by atoms with Crippen molar-refractivity contribution in [3.63, 3.8) is 0 Å². The molecule has 1 aromatic carbocycles. The highest BCUT2D eigenvalue weighted by atomic mass is 16.1. The number of hydrogen-bond donors (Lipinski definition) is 3. The SMILES string of the molecule is CCN(CCN)c1ccc2c(=O)[nH][nH]c(=O)c2c1. The Balaban J connectivity index is 2.60. The van der Waals surface area contributed by atoms with Gasteiger partial charge in [-0.1, -0.05) is 0 Å². The summed E-state index contributed by atoms with van der Waals surface area (Å²) in [5, 5.41) is 5.42. The van der Waals surface area contributed by atoms with Gasteiger partial charge in [-0.25, -0.2) is 0 Å². The van der Waals surface area contributed by atoms with E-state index in [-0.39, 0.29) is 11.1 Å². The normalized spacial score (nSPS) is 10.8. The van der Waals surface area contributed by atoms with Crippen LogP contribution in [-0.2, 0) is 0 Å². The summed E-state index contributed by atoms with van der Waals surface area (Å²) in [4.78, 5) is 25.3. The second-order valence-electron chi connectivity index (χ2n) is 4.01. The minimum atomic E-state index is -0.296. The van der Waals surface area contributed by atoms with Crippen LogP contribution in [0.5, 0.6) is 0 Å². The number of benzene rings is 1. The molecule has 18 heavy (non-hydrogen) atoms. The van der Waals surface area contributed by atoms with Crippen molar-refractivity contribution in [2.24, 2.45) is 5.73 Å². The summed E-state index contributed by atoms with van der Waals surface area (Å²) in [6.45, 7) is 4.06. The van der Waals surface area contributed by atoms with Gasteiger partial charge in [0.2, 0.25) is 0 Å². The van der Waals surface area contributed by atoms with Gasteiger partial charge in [0.15, 0.2) is 0 Å². The zero-order chi connectivity index (χ0) is 13.1. The minimum absolute atomic E-state index is 0.293. The number of aromatic nitrogens is 2. The van der Waals surface area contributed by atoms with Crippen LogP contribution in [0.15, 0.2) is 27.8 Å². The number of rotatable bonds is 4. The van der Waals surface area contributed by atoms with Crippen molar-refractivity contribution in [2.75, 3.05) is 24.5 Å². The first-order chi connectivity index (χ1) is 8.67. The van der Waals surface area contributed by atoms with Crippen molar-refractivity contribution < 1.29 is 0 Å². The summed E-state index contributed by atoms with van der Waals surface area (Å²) in [6, 6.07) is 5.22. The van der Waals surface area contributed by atoms with E-state index in [1.165, 1.54) is 0 Å². The Labute approximate surface area is 103 Å². The lowest BCUT2D eigenvalue weighted by atomic mass is 10.1. The number of nitrogens with two attached hydrogens (primary N) is 1. The second kappa shape index (κ2) is 5.05. The fourth-order valence-electron chi connectivity index (χ4n) is 1.99. The highest BCUT2D eigenvalue weighted by Crippen LogP contribution is 2.17. The standard InChI is InChI=1S/C12H16N4O2/c1-2-16(6-5-13)8-3-4-9-10(7-8)12(18)15-14-11(9)17/h3-4,7H,2,5-6,13H2,1H3,(H,14,17)(H,15,18). The van der Waals surface area contributed by atoms with Crippen LogP contribution in [0.4, 0.5) is 5.69 Å². The third kappa shape index (κ3) is 2.14. The Morgan fingerprint density at radius 1 is 1.17 bits per heavy atom. The molecule has 4 N–H and O–H groups in total. The van der Waals surface area contributed by atoms with Crippen molar-refractivity contribution in [3.05, 3.63) is 38.9 Å². The van der Waals surface area contributed by atoms with Crippen molar-refractivity contribution >= 4 is 16.5 Å². The molecule has 0 unspecified atom stereocenters. The topological polar surface area (TPSA) is 95.0 Å². The van der Waals surface area contributed by atoms with E-state index < -0.39 is 0 Å². The van der Waals surface area contributed by atoms with Crippen LogP contribution >= 0.6 is 0 Å². The van der Waals surface area contributed by atoms with Gasteiger partial charge in [0.05, 0.1) is 10.8 Å². The molecule has 0 bridgehead atoms. The van der Waals surface area contributed by atoms with Crippen LogP contribution in [0.3, 0.4) is 0 Å². The molecule has 0 amide bonds. The van der Waals surface area contributed by atoms with Gasteiger partial charge in [-0.05, 0) is 25.1 Å². The van der Waals surface area contributed by atoms with Crippen LogP contribution in [0.25, 0.3) is 10.8 Å². The van der Waals surface area contributed by atoms with Gasteiger partial charge >= 0.3 is 0 Å². The predicted molar refractivity (Wildman–Crippen MR) is 72.1 cm³/mol. The maximum absolute atomic E-state index is 11.7. The van der Waals surface area contributed by atoms with E-state index in [1.54, 1.807) is 12.1 Å². The number of nitrogens with one attached hydrogen (secondary N) is 2. The average molecular weight is 248 g/mol. The highest BCUT2D eigenvalue weighted by Gasteiger charge is 2.07. The van der Waals surface area contributed by atoms with Crippen LogP contribution in [0, 0.1) is 0 Å². The summed E-state index contributed by atoms with van der Waals surface area (Å²) in [7, 11) is 0. The van der Waals surface area contributed by atoms with Gasteiger partial charge in [-0.15, -0.1) is 0 Å². The van der Waals surface area contributed by atoms with Crippen molar-refractivity contribution in [1.29, 1.82) is 0 Å². The molecule has 0 spiro atoms. The fraction of sp³-hybridized carbons (Fsp3) is 0.333. The molecule has 0 saturated heterocycles. The predicted octanol–water partition coefficient (Wildman–Crippen LogP) is 0.00140. The number of hydrogen-bond acceptors (Lipinski definition) is 4. The van der Waals surface area contributed by atoms with Crippen molar-refractivity contribution in [1.82, 2.24) is 10.2 Å². The molecule has 0 aliphatic carbocycles. The van der Waals surface area contributed by atoms with Gasteiger partial charge in [-0.2, -0.15) is 0 Å². The second-order valence-corrected chi connectivity index (χ2v) is 4.01. The quantitative estimate of drug-likeness (QED) is 0.709. The molecule has 0 atom stereocenters. The Kier molecular flexibility index (Phi) is 3.47. The molecule has 0 aliphatic rings. The lowest BCUT2D eigenvalue weighted by molar-refractivity contribution is 0.817. The molecule has 2 rings (SSSR count). The van der Waals surface area contributed by atoms with Crippen molar-refractivity contribution in [2.45, 2.75) is 6.92 Å². The molecule has 0 saturated carbocycles. The number of aromatic amines is 2. The van der Waals surface area contributed by atoms with E-state index in [0.717, 1.165) is 12.2 Å². The Hall–Kier alpha value is -2.08. The van der Waals surface area contributed by atoms with E-state index in [2.05, 4.69) is 15.1 Å². The molecule has 0 aliphatic heterocycles. The summed E-state index contributed by atoms with van der Waals surface area (Å²) in [6.07, 6.45) is 0. The molecule has 6 nitrogen and oxygen atoms in total. The number of H-pyrrole nitrogens is 2. The third-order valence-electron chi connectivity index (χ3n) is 2.93. The van der Waals surface area contributed by atoms with E-state index in [9.17, 15) is 9.59 Å². The maximum atomic E-state index is 11.7. The van der Waals surface area contributed by atoms with E-state index in [1.807, 2.05) is 13.0 Å². The van der Waals surface area contributed by atoms with Crippen molar-refractivity contribution in [3.8, 4) is 0 Å². The number of anilines is 1. The summed E-state index contributed by atoms with van der Waals surface area (Å²) in [5.74, 6) is 0. The molecular formula is C12H16N4O2. The molecule has 1 aromatic heterocycles. The summed E-state index contributed by atoms with van der Waals surface area (Å²) in [5.41, 5.74) is 5.85. The van der Waals surface area contributed by atoms with Gasteiger partial charge in [0.1, 0.15) is 0 Å². The first-order valence-corrected chi connectivity index (χ1v) is 5.87. The van der Waals surface area contributed by atoms with Crippen LogP contribution in [0.2, 0.25) is 0 Å². The van der Waals surface area contributed by atoms with E-state index in [4.69, 9.17) is 5.73 Å². The molecule has 96 valence electrons. The number of nitrogens with zero attached hydrogens (tertiary/aromatic N) is 1. The summed E-state index contributed by atoms with van der Waals surface area (Å²) >= 11 is 0. The number of likely N-dealkylation sites (N-methyl/N-ethyl adjacent to an activating group) is 1. The van der Waals surface area contributed by atoms with Crippen LogP contribution < -0.4 is 21.8 Å². The summed E-state index contributed by atoms with van der Waals surface area (Å²) < 4.78 is 0. The number of fused-ring (bicyclic) bond motifs is 1. The van der Waals surface area contributed by atoms with Crippen LogP contribution in [0.1, 0.15) is 6.92 Å². The van der Waals surface area contributed by atoms with Gasteiger partial charge in [0.25, 0.3) is 11.1 Å². The Morgan fingerprint density at radius 2 is 1.83 bits per heavy atom. The zero-order valence-corrected chi connectivity index (χ0v) is 10.2. The molecule has 1 heterocycles. The molecule has 0 radical (unpaired) electrons. The monoisotopic (exact) mass is 248 g/mol. The molecule has 0 fully saturated rings. The Morgan fingerprint density at radius 3 is 2.44 bits per heavy atom. The zero-order valence-electron chi connectivity index (χ0n) is 10.2. The van der Waals surface area contributed by atoms with Gasteiger partial charge in [-0.3, -0.25) is 19.8 Å². The lowest BCUT2D eigenvalue weighted by Gasteiger charge is -2.22. The van der Waals surface area contributed by atoms with E-state index >= 15 is 0 Å². The largest absolute Gasteiger partial charge is 0.371 e. The fourth-order valence-corrected chi connectivity index (χ4v) is 1.99. The smallest absolute Gasteiger partial charge is 0.270 e. The van der Waals surface area contributed by atoms with E-state index in [0.29, 0.717) is 23.9 Å². The first-order valence-electron chi connectivity index (χ1n) is 5.87. The molecule has 6 heteroatoms. The lowest BCUT2D eigenvalue weighted by Crippen LogP contribution is -2.29. The average Bonchev–Trinajstić information content (AvgIpc) is 2.40. The molecular weight excluding hydrogens is 232 g/mol. The Bertz CT molecular complexity index is 659. The first kappa shape index (κ1) is 12.4. The minimum Gasteiger partial charge on any atom is -0.371 e. The van der Waals surface area contributed by atoms with Gasteiger partial charge in [0, 0.05) is 25.3 Å². The van der Waals surface area contributed by atoms with Gasteiger partial charge < -0.3 is 10.6 Å². The maximum Gasteiger partial charge on any atom is 0.270 e. The third-order valence-corrected chi connectivity index (χ3v) is 2.93. The van der Waals surface area contributed by atoms with Crippen LogP contribution in [-0.4, -0.2) is 29.8 Å².